The Hall–Kier alpha value is -3.03. The second-order valence-corrected chi connectivity index (χ2v) is 7.75. The summed E-state index contributed by atoms with van der Waals surface area (Å²) in [5, 5.41) is 6.98. The van der Waals surface area contributed by atoms with E-state index in [1.54, 1.807) is 30.3 Å². The lowest BCUT2D eigenvalue weighted by Gasteiger charge is -2.13. The van der Waals surface area contributed by atoms with Crippen molar-refractivity contribution in [1.82, 2.24) is 10.6 Å². The quantitative estimate of drug-likeness (QED) is 0.555. The van der Waals surface area contributed by atoms with Crippen molar-refractivity contribution in [3.8, 4) is 5.75 Å². The number of rotatable bonds is 8. The Balaban J connectivity index is 1.31. The van der Waals surface area contributed by atoms with Crippen LogP contribution in [0.25, 0.3) is 11.0 Å². The van der Waals surface area contributed by atoms with E-state index in [9.17, 15) is 9.59 Å². The number of hydrogen-bond acceptors (Lipinski definition) is 5. The van der Waals surface area contributed by atoms with E-state index >= 15 is 0 Å². The molecule has 0 radical (unpaired) electrons. The van der Waals surface area contributed by atoms with E-state index in [0.29, 0.717) is 22.9 Å². The Kier molecular flexibility index (Phi) is 6.74. The van der Waals surface area contributed by atoms with E-state index in [4.69, 9.17) is 25.5 Å². The van der Waals surface area contributed by atoms with Crippen LogP contribution in [0.1, 0.15) is 29.0 Å². The fourth-order valence-corrected chi connectivity index (χ4v) is 3.59. The molecule has 4 rings (SSSR count). The molecule has 162 valence electrons. The summed E-state index contributed by atoms with van der Waals surface area (Å²) in [5.74, 6) is 0.169. The summed E-state index contributed by atoms with van der Waals surface area (Å²) in [6.45, 7) is 1.35. The number of nitrogens with one attached hydrogen (secondary N) is 2. The van der Waals surface area contributed by atoms with Gasteiger partial charge in [-0.15, -0.1) is 0 Å². The summed E-state index contributed by atoms with van der Waals surface area (Å²) in [4.78, 5) is 24.6. The summed E-state index contributed by atoms with van der Waals surface area (Å²) in [6.07, 6.45) is 2.07. The fourth-order valence-electron chi connectivity index (χ4n) is 3.41. The smallest absolute Gasteiger partial charge is 0.287 e. The summed E-state index contributed by atoms with van der Waals surface area (Å²) >= 11 is 5.98. The molecule has 1 aliphatic heterocycles. The molecule has 2 heterocycles. The van der Waals surface area contributed by atoms with E-state index in [0.717, 1.165) is 30.4 Å². The van der Waals surface area contributed by atoms with Gasteiger partial charge in [0.25, 0.3) is 11.8 Å². The molecule has 0 bridgehead atoms. The van der Waals surface area contributed by atoms with E-state index in [1.165, 1.54) is 0 Å². The van der Waals surface area contributed by atoms with E-state index in [2.05, 4.69) is 10.6 Å². The zero-order valence-electron chi connectivity index (χ0n) is 16.9. The van der Waals surface area contributed by atoms with Gasteiger partial charge >= 0.3 is 0 Å². The highest BCUT2D eigenvalue weighted by atomic mass is 35.5. The van der Waals surface area contributed by atoms with Gasteiger partial charge in [0.15, 0.2) is 12.4 Å². The predicted octanol–water partition coefficient (Wildman–Crippen LogP) is 3.69. The van der Waals surface area contributed by atoms with Crippen LogP contribution in [-0.4, -0.2) is 37.7 Å². The molecule has 3 aromatic rings. The van der Waals surface area contributed by atoms with Gasteiger partial charge in [0.2, 0.25) is 0 Å². The van der Waals surface area contributed by atoms with Gasteiger partial charge in [-0.05, 0) is 43.2 Å². The van der Waals surface area contributed by atoms with Gasteiger partial charge < -0.3 is 24.5 Å². The van der Waals surface area contributed by atoms with Crippen molar-refractivity contribution in [2.24, 2.45) is 0 Å². The van der Waals surface area contributed by atoms with E-state index < -0.39 is 0 Å². The number of benzene rings is 2. The molecule has 2 amide bonds. The summed E-state index contributed by atoms with van der Waals surface area (Å²) < 4.78 is 16.7. The Labute approximate surface area is 184 Å². The number of amides is 2. The molecule has 1 unspecified atom stereocenters. The van der Waals surface area contributed by atoms with E-state index in [1.807, 2.05) is 18.2 Å². The van der Waals surface area contributed by atoms with Crippen molar-refractivity contribution in [1.29, 1.82) is 0 Å². The number of fused-ring (bicyclic) bond motifs is 1. The standard InChI is InChI=1S/C23H23ClN2O5/c24-17-7-8-20-16(10-17)11-21(31-20)23(28)26-12-15-4-1-2-6-19(15)30-14-22(27)25-13-18-5-3-9-29-18/h1-2,4,6-8,10-11,18H,3,5,9,12-14H2,(H,25,27)(H,26,28). The van der Waals surface area contributed by atoms with Gasteiger partial charge in [0.05, 0.1) is 6.10 Å². The van der Waals surface area contributed by atoms with Gasteiger partial charge in [-0.1, -0.05) is 29.8 Å². The molecule has 1 fully saturated rings. The minimum atomic E-state index is -0.351. The monoisotopic (exact) mass is 442 g/mol. The van der Waals surface area contributed by atoms with Gasteiger partial charge in [-0.2, -0.15) is 0 Å². The van der Waals surface area contributed by atoms with Crippen LogP contribution >= 0.6 is 11.6 Å². The van der Waals surface area contributed by atoms with Crippen LogP contribution in [0.3, 0.4) is 0 Å². The maximum absolute atomic E-state index is 12.5. The third-order valence-corrected chi connectivity index (χ3v) is 5.26. The van der Waals surface area contributed by atoms with Crippen molar-refractivity contribution in [2.75, 3.05) is 19.8 Å². The molecule has 7 nitrogen and oxygen atoms in total. The van der Waals surface area contributed by atoms with E-state index in [-0.39, 0.29) is 36.8 Å². The highest BCUT2D eigenvalue weighted by Crippen LogP contribution is 2.23. The first-order valence-electron chi connectivity index (χ1n) is 10.1. The van der Waals surface area contributed by atoms with Crippen LogP contribution in [0.4, 0.5) is 0 Å². The molecule has 31 heavy (non-hydrogen) atoms. The summed E-state index contributed by atoms with van der Waals surface area (Å²) in [7, 11) is 0. The zero-order valence-corrected chi connectivity index (χ0v) is 17.6. The highest BCUT2D eigenvalue weighted by molar-refractivity contribution is 6.31. The first-order valence-corrected chi connectivity index (χ1v) is 10.5. The molecular formula is C23H23ClN2O5. The second-order valence-electron chi connectivity index (χ2n) is 7.31. The number of carbonyl (C=O) groups is 2. The normalized spacial score (nSPS) is 15.7. The molecule has 8 heteroatoms. The first kappa shape index (κ1) is 21.2. The molecule has 0 saturated carbocycles. The molecule has 2 aromatic carbocycles. The van der Waals surface area contributed by atoms with Crippen molar-refractivity contribution < 1.29 is 23.5 Å². The maximum atomic E-state index is 12.5. The number of halogens is 1. The Bertz CT molecular complexity index is 1070. The largest absolute Gasteiger partial charge is 0.483 e. The van der Waals surface area contributed by atoms with Crippen LogP contribution < -0.4 is 15.4 Å². The fraction of sp³-hybridized carbons (Fsp3) is 0.304. The Morgan fingerprint density at radius 2 is 2.00 bits per heavy atom. The lowest BCUT2D eigenvalue weighted by atomic mass is 10.2. The lowest BCUT2D eigenvalue weighted by molar-refractivity contribution is -0.123. The van der Waals surface area contributed by atoms with Crippen LogP contribution in [-0.2, 0) is 16.1 Å². The number of furan rings is 1. The average Bonchev–Trinajstić information content (AvgIpc) is 3.44. The number of ether oxygens (including phenoxy) is 2. The lowest BCUT2D eigenvalue weighted by Crippen LogP contribution is -2.35. The molecule has 0 aliphatic carbocycles. The highest BCUT2D eigenvalue weighted by Gasteiger charge is 2.17. The third kappa shape index (κ3) is 5.57. The van der Waals surface area contributed by atoms with Crippen molar-refractivity contribution >= 4 is 34.4 Å². The predicted molar refractivity (Wildman–Crippen MR) is 116 cm³/mol. The minimum absolute atomic E-state index is 0.0840. The van der Waals surface area contributed by atoms with Crippen molar-refractivity contribution in [3.05, 3.63) is 64.9 Å². The number of hydrogen-bond donors (Lipinski definition) is 2. The minimum Gasteiger partial charge on any atom is -0.483 e. The Morgan fingerprint density at radius 3 is 2.84 bits per heavy atom. The van der Waals surface area contributed by atoms with Crippen molar-refractivity contribution in [2.45, 2.75) is 25.5 Å². The topological polar surface area (TPSA) is 89.8 Å². The molecule has 1 atom stereocenters. The van der Waals surface area contributed by atoms with Crippen LogP contribution in [0.15, 0.2) is 52.9 Å². The van der Waals surface area contributed by atoms with Crippen LogP contribution in [0, 0.1) is 0 Å². The molecule has 1 aromatic heterocycles. The molecule has 2 N–H and O–H groups in total. The molecular weight excluding hydrogens is 420 g/mol. The summed E-state index contributed by atoms with van der Waals surface area (Å²) in [5.41, 5.74) is 1.34. The Morgan fingerprint density at radius 1 is 1.13 bits per heavy atom. The maximum Gasteiger partial charge on any atom is 0.287 e. The molecule has 1 saturated heterocycles. The zero-order chi connectivity index (χ0) is 21.6. The van der Waals surface area contributed by atoms with Crippen molar-refractivity contribution in [3.63, 3.8) is 0 Å². The van der Waals surface area contributed by atoms with Gasteiger partial charge in [-0.3, -0.25) is 9.59 Å². The SMILES string of the molecule is O=C(COc1ccccc1CNC(=O)c1cc2cc(Cl)ccc2o1)NCC1CCCO1. The number of carbonyl (C=O) groups excluding carboxylic acids is 2. The average molecular weight is 443 g/mol. The molecule has 1 aliphatic rings. The van der Waals surface area contributed by atoms with Gasteiger partial charge in [0.1, 0.15) is 11.3 Å². The van der Waals surface area contributed by atoms with Crippen LogP contribution in [0.5, 0.6) is 5.75 Å². The molecule has 0 spiro atoms. The first-order chi connectivity index (χ1) is 15.1. The third-order valence-electron chi connectivity index (χ3n) is 5.02. The number of para-hydroxylation sites is 1. The second kappa shape index (κ2) is 9.85. The van der Waals surface area contributed by atoms with Gasteiger partial charge in [0, 0.05) is 35.7 Å². The van der Waals surface area contributed by atoms with Crippen LogP contribution in [0.2, 0.25) is 5.02 Å². The summed E-state index contributed by atoms with van der Waals surface area (Å²) in [6, 6.07) is 14.1. The van der Waals surface area contributed by atoms with Gasteiger partial charge in [-0.25, -0.2) is 0 Å².